The monoisotopic (exact) mass is 960 g/mol. The maximum atomic E-state index is 12.3. The average Bonchev–Trinajstić information content (AvgIpc) is 3.36. The molecule has 0 spiro atoms. The van der Waals surface area contributed by atoms with Crippen LogP contribution in [-0.2, 0) is 31.3 Å². The number of nitrogens with zero attached hydrogens (tertiary/aromatic N) is 2. The number of hydrogen-bond acceptors (Lipinski definition) is 5. The van der Waals surface area contributed by atoms with E-state index in [1.54, 1.807) is 6.33 Å². The van der Waals surface area contributed by atoms with Gasteiger partial charge < -0.3 is 5.11 Å². The number of hydrogen-bond donors (Lipinski definition) is 1. The second-order valence-corrected chi connectivity index (χ2v) is 29.6. The van der Waals surface area contributed by atoms with E-state index in [0.29, 0.717) is 23.7 Å². The molecule has 0 aliphatic carbocycles. The van der Waals surface area contributed by atoms with Gasteiger partial charge in [-0.2, -0.15) is 0 Å². The van der Waals surface area contributed by atoms with Crippen LogP contribution in [-0.4, -0.2) is 34.1 Å². The van der Waals surface area contributed by atoms with Crippen LogP contribution in [0.3, 0.4) is 0 Å². The number of aromatic nitrogens is 2. The minimum Gasteiger partial charge on any atom is -0.512 e. The summed E-state index contributed by atoms with van der Waals surface area (Å²) in [5.41, 5.74) is 4.80. The van der Waals surface area contributed by atoms with Crippen LogP contribution in [0.2, 0.25) is 17.3 Å². The first-order valence-corrected chi connectivity index (χ1v) is 26.9. The van der Waals surface area contributed by atoms with Gasteiger partial charge in [-0.05, 0) is 23.7 Å². The van der Waals surface area contributed by atoms with E-state index in [1.807, 2.05) is 11.3 Å². The van der Waals surface area contributed by atoms with E-state index in [9.17, 15) is 9.90 Å². The number of fused-ring (bicyclic) bond motifs is 4. The molecule has 0 fully saturated rings. The number of ketones is 1. The standard InChI is InChI=1S/C28H29GeN2S.C17H32O2.Ir/c1-28(2,3)16-18-11-12-22-24(13-18)32-27-25(30-17-31-26(22)27)20-14-19-9-7-8-10-21(19)23(15-20)29(4,5)6;1-10(2)16(11(3)4)14(18)9-15(19)17(12(5)6)13(7)8;/h7-13,15,17H,16H2,1-6H3;9-13,16-18H,1-8H3;/q-1;;/b;14-9-;. The van der Waals surface area contributed by atoms with E-state index in [1.165, 1.54) is 36.9 Å². The second kappa shape index (κ2) is 17.8. The average molecular weight is 959 g/mol. The number of carbonyl (C=O) groups excluding carboxylic acids is 1. The molecule has 0 unspecified atom stereocenters. The summed E-state index contributed by atoms with van der Waals surface area (Å²) < 4.78 is 3.96. The molecular formula is C45H61GeIrN2O2S-. The van der Waals surface area contributed by atoms with Gasteiger partial charge in [0.05, 0.1) is 5.76 Å². The Hall–Kier alpha value is -2.38. The van der Waals surface area contributed by atoms with Crippen molar-refractivity contribution in [3.05, 3.63) is 78.3 Å². The summed E-state index contributed by atoms with van der Waals surface area (Å²) in [7, 11) is 0. The number of carbonyl (C=O) groups is 1. The molecule has 0 aliphatic heterocycles. The molecule has 7 heteroatoms. The van der Waals surface area contributed by atoms with Crippen molar-refractivity contribution < 1.29 is 30.0 Å². The zero-order chi connectivity index (χ0) is 38.0. The topological polar surface area (TPSA) is 63.1 Å². The Kier molecular flexibility index (Phi) is 15.1. The normalized spacial score (nSPS) is 12.9. The fraction of sp³-hybridized carbons (Fsp3) is 0.489. The quantitative estimate of drug-likeness (QED) is 0.0656. The van der Waals surface area contributed by atoms with E-state index in [-0.39, 0.29) is 48.9 Å². The fourth-order valence-electron chi connectivity index (χ4n) is 7.73. The number of aliphatic hydroxyl groups is 1. The first kappa shape index (κ1) is 44.0. The molecule has 5 rings (SSSR count). The number of benzene rings is 3. The Morgan fingerprint density at radius 2 is 1.44 bits per heavy atom. The van der Waals surface area contributed by atoms with Crippen molar-refractivity contribution in [2.75, 3.05) is 0 Å². The Morgan fingerprint density at radius 3 is 2.00 bits per heavy atom. The van der Waals surface area contributed by atoms with Gasteiger partial charge in [-0.1, -0.05) is 55.4 Å². The van der Waals surface area contributed by atoms with E-state index in [4.69, 9.17) is 9.97 Å². The molecule has 52 heavy (non-hydrogen) atoms. The van der Waals surface area contributed by atoms with Gasteiger partial charge in [-0.15, -0.1) is 0 Å². The van der Waals surface area contributed by atoms with Crippen LogP contribution in [0.15, 0.2) is 66.7 Å². The van der Waals surface area contributed by atoms with Crippen molar-refractivity contribution in [2.24, 2.45) is 40.9 Å². The summed E-state index contributed by atoms with van der Waals surface area (Å²) in [5.74, 6) is 9.00. The molecule has 3 aromatic carbocycles. The summed E-state index contributed by atoms with van der Waals surface area (Å²) in [6, 6.07) is 21.6. The van der Waals surface area contributed by atoms with Crippen LogP contribution in [0.4, 0.5) is 0 Å². The summed E-state index contributed by atoms with van der Waals surface area (Å²) in [6.07, 6.45) is 4.26. The first-order chi connectivity index (χ1) is 23.7. The van der Waals surface area contributed by atoms with Gasteiger partial charge >= 0.3 is 198 Å². The molecule has 0 aliphatic rings. The van der Waals surface area contributed by atoms with Gasteiger partial charge in [0.15, 0.2) is 5.78 Å². The third kappa shape index (κ3) is 10.6. The smallest absolute Gasteiger partial charge is 0.162 e. The molecule has 1 radical (unpaired) electrons. The summed E-state index contributed by atoms with van der Waals surface area (Å²) in [4.78, 5) is 21.8. The predicted molar refractivity (Wildman–Crippen MR) is 225 cm³/mol. The van der Waals surface area contributed by atoms with Gasteiger partial charge in [0.1, 0.15) is 0 Å². The third-order valence-corrected chi connectivity index (χ3v) is 15.1. The van der Waals surface area contributed by atoms with E-state index < -0.39 is 13.3 Å². The van der Waals surface area contributed by atoms with Crippen LogP contribution >= 0.6 is 11.3 Å². The second-order valence-electron chi connectivity index (χ2n) is 18.0. The maximum Gasteiger partial charge on any atom is 0.162 e. The number of thiophene rings is 1. The van der Waals surface area contributed by atoms with Gasteiger partial charge in [0.2, 0.25) is 0 Å². The molecule has 0 saturated carbocycles. The van der Waals surface area contributed by atoms with Crippen molar-refractivity contribution in [3.63, 3.8) is 0 Å². The zero-order valence-corrected chi connectivity index (χ0v) is 39.2. The third-order valence-electron chi connectivity index (χ3n) is 9.72. The van der Waals surface area contributed by atoms with Crippen LogP contribution in [0.25, 0.3) is 42.3 Å². The van der Waals surface area contributed by atoms with Crippen molar-refractivity contribution in [2.45, 2.75) is 99.9 Å². The van der Waals surface area contributed by atoms with Crippen LogP contribution in [0.5, 0.6) is 0 Å². The molecule has 0 amide bonds. The van der Waals surface area contributed by atoms with Gasteiger partial charge in [0, 0.05) is 38.0 Å². The van der Waals surface area contributed by atoms with Crippen LogP contribution in [0, 0.1) is 47.0 Å². The van der Waals surface area contributed by atoms with Gasteiger partial charge in [0.25, 0.3) is 0 Å². The Labute approximate surface area is 334 Å². The number of allylic oxidation sites excluding steroid dienone is 2. The van der Waals surface area contributed by atoms with Crippen LogP contribution < -0.4 is 4.40 Å². The molecule has 0 atom stereocenters. The molecular weight excluding hydrogens is 897 g/mol. The summed E-state index contributed by atoms with van der Waals surface area (Å²) >= 11 is -0.291. The largest absolute Gasteiger partial charge is 0.512 e. The molecule has 283 valence electrons. The summed E-state index contributed by atoms with van der Waals surface area (Å²) in [6.45, 7) is 23.5. The Bertz CT molecular complexity index is 2000. The minimum absolute atomic E-state index is 0. The molecule has 2 heterocycles. The van der Waals surface area contributed by atoms with Gasteiger partial charge in [-0.3, -0.25) is 4.79 Å². The summed E-state index contributed by atoms with van der Waals surface area (Å²) in [5, 5.41) is 14.0. The van der Waals surface area contributed by atoms with E-state index in [0.717, 1.165) is 27.9 Å². The number of rotatable bonds is 10. The molecule has 4 nitrogen and oxygen atoms in total. The minimum atomic E-state index is -2.10. The zero-order valence-electron chi connectivity index (χ0n) is 33.9. The van der Waals surface area contributed by atoms with E-state index >= 15 is 0 Å². The SMILES string of the molecule is CC(C)(C)Cc1ccc2c(c1)sc1c(-c3[c-]c4ccccc4[c]([Ge]([CH3])([CH3])[CH3])c3)ncnc12.CC(C)C(C(=O)/C=C(\O)C(C(C)C)C(C)C)C(C)C.[Ir]. The molecule has 1 N–H and O–H groups in total. The first-order valence-electron chi connectivity index (χ1n) is 18.8. The molecule has 5 aromatic rings. The molecule has 0 bridgehead atoms. The molecule has 0 saturated heterocycles. The number of aliphatic hydroxyl groups excluding tert-OH is 1. The van der Waals surface area contributed by atoms with E-state index in [2.05, 4.69) is 148 Å². The van der Waals surface area contributed by atoms with Gasteiger partial charge in [-0.25, -0.2) is 0 Å². The predicted octanol–water partition coefficient (Wildman–Crippen LogP) is 12.4. The maximum absolute atomic E-state index is 12.3. The Morgan fingerprint density at radius 1 is 0.846 bits per heavy atom. The van der Waals surface area contributed by atoms with Crippen molar-refractivity contribution in [1.29, 1.82) is 0 Å². The van der Waals surface area contributed by atoms with Crippen molar-refractivity contribution in [3.8, 4) is 11.3 Å². The van der Waals surface area contributed by atoms with Crippen molar-refractivity contribution in [1.82, 2.24) is 9.97 Å². The Balaban J connectivity index is 0.000000317. The van der Waals surface area contributed by atoms with Crippen LogP contribution in [0.1, 0.15) is 81.7 Å². The fourth-order valence-corrected chi connectivity index (χ4v) is 12.3. The molecule has 2 aromatic heterocycles. The van der Waals surface area contributed by atoms with Crippen molar-refractivity contribution >= 4 is 65.9 Å².